The van der Waals surface area contributed by atoms with Crippen molar-refractivity contribution in [1.82, 2.24) is 29.9 Å². The normalized spacial score (nSPS) is 19.2. The van der Waals surface area contributed by atoms with E-state index in [2.05, 4.69) is 20.3 Å². The van der Waals surface area contributed by atoms with Crippen LogP contribution in [0.2, 0.25) is 0 Å². The van der Waals surface area contributed by atoms with Gasteiger partial charge in [0.15, 0.2) is 0 Å². The average Bonchev–Trinajstić information content (AvgIpc) is 3.17. The van der Waals surface area contributed by atoms with Crippen molar-refractivity contribution in [2.75, 3.05) is 13.1 Å². The lowest BCUT2D eigenvalue weighted by atomic mass is 10.0. The molecule has 1 aliphatic rings. The van der Waals surface area contributed by atoms with Crippen molar-refractivity contribution < 1.29 is 4.79 Å². The molecule has 0 bridgehead atoms. The molecule has 0 aliphatic carbocycles. The van der Waals surface area contributed by atoms with Crippen LogP contribution in [0.5, 0.6) is 0 Å². The number of rotatable bonds is 3. The van der Waals surface area contributed by atoms with Crippen molar-refractivity contribution in [1.29, 1.82) is 0 Å². The second kappa shape index (κ2) is 5.44. The summed E-state index contributed by atoms with van der Waals surface area (Å²) in [7, 11) is 0. The summed E-state index contributed by atoms with van der Waals surface area (Å²) in [5.41, 5.74) is 1.59. The van der Waals surface area contributed by atoms with E-state index in [0.29, 0.717) is 12.1 Å². The summed E-state index contributed by atoms with van der Waals surface area (Å²) in [6.07, 6.45) is 7.66. The number of nitrogens with zero attached hydrogens (tertiary/aromatic N) is 5. The van der Waals surface area contributed by atoms with Gasteiger partial charge in [0.25, 0.3) is 5.91 Å². The molecule has 106 valence electrons. The highest BCUT2D eigenvalue weighted by Gasteiger charge is 2.27. The molecule has 2 aromatic heterocycles. The third-order valence-corrected chi connectivity index (χ3v) is 3.80. The van der Waals surface area contributed by atoms with Crippen LogP contribution in [0, 0.1) is 0 Å². The first-order valence-electron chi connectivity index (χ1n) is 6.95. The lowest BCUT2D eigenvalue weighted by molar-refractivity contribution is 0.0671. The number of likely N-dealkylation sites (tertiary alicyclic amines) is 1. The zero-order chi connectivity index (χ0) is 13.9. The third kappa shape index (κ3) is 2.31. The topological polar surface area (TPSA) is 79.7 Å². The predicted molar refractivity (Wildman–Crippen MR) is 72.2 cm³/mol. The van der Waals surface area contributed by atoms with Gasteiger partial charge in [0.2, 0.25) is 0 Å². The maximum absolute atomic E-state index is 12.6. The number of carbonyl (C=O) groups is 1. The van der Waals surface area contributed by atoms with Gasteiger partial charge in [0.05, 0.1) is 17.8 Å². The van der Waals surface area contributed by atoms with E-state index in [0.717, 1.165) is 31.5 Å². The van der Waals surface area contributed by atoms with E-state index < -0.39 is 0 Å². The van der Waals surface area contributed by atoms with Crippen LogP contribution in [0.25, 0.3) is 0 Å². The van der Waals surface area contributed by atoms with Crippen LogP contribution in [0.4, 0.5) is 0 Å². The molecule has 3 heterocycles. The molecule has 1 aliphatic heterocycles. The molecule has 1 N–H and O–H groups in total. The maximum atomic E-state index is 12.6. The van der Waals surface area contributed by atoms with Crippen molar-refractivity contribution in [3.63, 3.8) is 0 Å². The van der Waals surface area contributed by atoms with Crippen LogP contribution in [-0.4, -0.2) is 48.9 Å². The monoisotopic (exact) mass is 274 g/mol. The van der Waals surface area contributed by atoms with Gasteiger partial charge in [-0.3, -0.25) is 9.89 Å². The van der Waals surface area contributed by atoms with Crippen LogP contribution in [-0.2, 0) is 6.42 Å². The molecule has 7 heteroatoms. The molecule has 1 fully saturated rings. The molecule has 1 amide bonds. The number of aromatic amines is 1. The Kier molecular flexibility index (Phi) is 3.49. The fraction of sp³-hybridized carbons (Fsp3) is 0.538. The van der Waals surface area contributed by atoms with Crippen molar-refractivity contribution in [3.05, 3.63) is 30.1 Å². The minimum atomic E-state index is 0.0559. The van der Waals surface area contributed by atoms with Crippen molar-refractivity contribution in [3.8, 4) is 0 Å². The molecule has 20 heavy (non-hydrogen) atoms. The summed E-state index contributed by atoms with van der Waals surface area (Å²) in [5, 5.41) is 11.0. The second-order valence-corrected chi connectivity index (χ2v) is 5.04. The van der Waals surface area contributed by atoms with Gasteiger partial charge in [0.1, 0.15) is 12.7 Å². The largest absolute Gasteiger partial charge is 0.336 e. The van der Waals surface area contributed by atoms with Crippen molar-refractivity contribution in [2.24, 2.45) is 0 Å². The van der Waals surface area contributed by atoms with E-state index in [-0.39, 0.29) is 11.9 Å². The number of hydrogen-bond donors (Lipinski definition) is 1. The van der Waals surface area contributed by atoms with Gasteiger partial charge in [-0.05, 0) is 19.3 Å². The van der Waals surface area contributed by atoms with Gasteiger partial charge in [-0.25, -0.2) is 9.67 Å². The Morgan fingerprint density at radius 2 is 2.45 bits per heavy atom. The Bertz CT molecular complexity index is 575. The van der Waals surface area contributed by atoms with Crippen LogP contribution in [0.15, 0.2) is 18.9 Å². The first-order valence-corrected chi connectivity index (χ1v) is 6.95. The minimum absolute atomic E-state index is 0.0559. The number of aromatic nitrogens is 5. The summed E-state index contributed by atoms with van der Waals surface area (Å²) in [5.74, 6) is 0.0559. The molecular weight excluding hydrogens is 256 g/mol. The first-order chi connectivity index (χ1) is 9.79. The SMILES string of the molecule is CCc1[nH]ncc1C(=O)N1CCC[C@H](n2cncn2)C1. The summed E-state index contributed by atoms with van der Waals surface area (Å²) >= 11 is 0. The van der Waals surface area contributed by atoms with Crippen LogP contribution >= 0.6 is 0 Å². The predicted octanol–water partition coefficient (Wildman–Crippen LogP) is 1.04. The summed E-state index contributed by atoms with van der Waals surface area (Å²) in [6, 6.07) is 0.215. The van der Waals surface area contributed by atoms with E-state index in [1.165, 1.54) is 6.33 Å². The average molecular weight is 274 g/mol. The van der Waals surface area contributed by atoms with Crippen LogP contribution in [0.1, 0.15) is 41.9 Å². The quantitative estimate of drug-likeness (QED) is 0.907. The molecule has 3 rings (SSSR count). The highest BCUT2D eigenvalue weighted by Crippen LogP contribution is 2.22. The van der Waals surface area contributed by atoms with E-state index in [1.807, 2.05) is 16.5 Å². The number of carbonyl (C=O) groups excluding carboxylic acids is 1. The number of aryl methyl sites for hydroxylation is 1. The van der Waals surface area contributed by atoms with Gasteiger partial charge in [-0.15, -0.1) is 0 Å². The molecule has 0 unspecified atom stereocenters. The Morgan fingerprint density at radius 3 is 3.20 bits per heavy atom. The number of H-pyrrole nitrogens is 1. The van der Waals surface area contributed by atoms with Crippen molar-refractivity contribution in [2.45, 2.75) is 32.2 Å². The number of piperidine rings is 1. The first kappa shape index (κ1) is 12.8. The number of hydrogen-bond acceptors (Lipinski definition) is 4. The fourth-order valence-corrected chi connectivity index (χ4v) is 2.70. The highest BCUT2D eigenvalue weighted by atomic mass is 16.2. The van der Waals surface area contributed by atoms with E-state index in [9.17, 15) is 4.79 Å². The lowest BCUT2D eigenvalue weighted by Gasteiger charge is -2.32. The molecule has 7 nitrogen and oxygen atoms in total. The summed E-state index contributed by atoms with van der Waals surface area (Å²) in [4.78, 5) is 18.4. The molecule has 0 saturated carbocycles. The Balaban J connectivity index is 1.75. The molecule has 0 aromatic carbocycles. The number of nitrogens with one attached hydrogen (secondary N) is 1. The molecule has 1 atom stereocenters. The Hall–Kier alpha value is -2.18. The summed E-state index contributed by atoms with van der Waals surface area (Å²) < 4.78 is 1.84. The van der Waals surface area contributed by atoms with Gasteiger partial charge >= 0.3 is 0 Å². The van der Waals surface area contributed by atoms with E-state index >= 15 is 0 Å². The summed E-state index contributed by atoms with van der Waals surface area (Å²) in [6.45, 7) is 3.48. The van der Waals surface area contributed by atoms with Gasteiger partial charge in [-0.1, -0.05) is 6.92 Å². The van der Waals surface area contributed by atoms with Crippen molar-refractivity contribution >= 4 is 5.91 Å². The minimum Gasteiger partial charge on any atom is -0.336 e. The second-order valence-electron chi connectivity index (χ2n) is 5.04. The lowest BCUT2D eigenvalue weighted by Crippen LogP contribution is -2.41. The molecule has 0 spiro atoms. The zero-order valence-corrected chi connectivity index (χ0v) is 11.5. The molecule has 2 aromatic rings. The van der Waals surface area contributed by atoms with Gasteiger partial charge in [-0.2, -0.15) is 10.2 Å². The van der Waals surface area contributed by atoms with Crippen LogP contribution < -0.4 is 0 Å². The molecule has 0 radical (unpaired) electrons. The highest BCUT2D eigenvalue weighted by molar-refractivity contribution is 5.95. The maximum Gasteiger partial charge on any atom is 0.257 e. The zero-order valence-electron chi connectivity index (χ0n) is 11.5. The third-order valence-electron chi connectivity index (χ3n) is 3.80. The standard InChI is InChI=1S/C13H18N6O/c1-2-12-11(6-15-17-12)13(20)18-5-3-4-10(7-18)19-9-14-8-16-19/h6,8-10H,2-5,7H2,1H3,(H,15,17)/t10-/m0/s1. The van der Waals surface area contributed by atoms with Gasteiger partial charge < -0.3 is 4.90 Å². The van der Waals surface area contributed by atoms with E-state index in [4.69, 9.17) is 0 Å². The smallest absolute Gasteiger partial charge is 0.257 e. The fourth-order valence-electron chi connectivity index (χ4n) is 2.70. The Labute approximate surface area is 117 Å². The Morgan fingerprint density at radius 1 is 1.55 bits per heavy atom. The van der Waals surface area contributed by atoms with Crippen LogP contribution in [0.3, 0.4) is 0 Å². The molecular formula is C13H18N6O. The van der Waals surface area contributed by atoms with E-state index in [1.54, 1.807) is 12.5 Å². The number of amides is 1. The van der Waals surface area contributed by atoms with Gasteiger partial charge in [0, 0.05) is 18.8 Å². The molecule has 1 saturated heterocycles.